The minimum atomic E-state index is -0.142. The van der Waals surface area contributed by atoms with Crippen LogP contribution < -0.4 is 10.2 Å². The number of carbonyl (C=O) groups is 1. The Morgan fingerprint density at radius 2 is 2.48 bits per heavy atom. The Morgan fingerprint density at radius 1 is 1.57 bits per heavy atom. The van der Waals surface area contributed by atoms with Crippen LogP contribution in [0.15, 0.2) is 12.3 Å². The van der Waals surface area contributed by atoms with E-state index in [0.717, 1.165) is 31.2 Å². The molecular weight excluding hydrogens is 268 g/mol. The van der Waals surface area contributed by atoms with Crippen LogP contribution >= 0.6 is 0 Å². The summed E-state index contributed by atoms with van der Waals surface area (Å²) in [4.78, 5) is 22.6. The highest BCUT2D eigenvalue weighted by Gasteiger charge is 2.38. The first kappa shape index (κ1) is 14.3. The average Bonchev–Trinajstić information content (AvgIpc) is 3.10. The molecule has 1 N–H and O–H groups in total. The fourth-order valence-corrected chi connectivity index (χ4v) is 3.04. The maximum atomic E-state index is 11.3. The molecule has 0 saturated carbocycles. The van der Waals surface area contributed by atoms with Gasteiger partial charge in [0, 0.05) is 44.2 Å². The van der Waals surface area contributed by atoms with Crippen molar-refractivity contribution in [1.82, 2.24) is 15.3 Å². The Labute approximate surface area is 124 Å². The molecule has 21 heavy (non-hydrogen) atoms. The number of fused-ring (bicyclic) bond motifs is 2. The van der Waals surface area contributed by atoms with Crippen molar-refractivity contribution < 1.29 is 9.53 Å². The lowest BCUT2D eigenvalue weighted by atomic mass is 10.2. The van der Waals surface area contributed by atoms with E-state index in [1.165, 1.54) is 6.42 Å². The van der Waals surface area contributed by atoms with E-state index in [2.05, 4.69) is 20.2 Å². The third-order valence-electron chi connectivity index (χ3n) is 4.08. The Morgan fingerprint density at radius 3 is 3.19 bits per heavy atom. The molecular formula is C15H22N4O2. The molecule has 0 radical (unpaired) electrons. The Balaban J connectivity index is 1.55. The predicted molar refractivity (Wildman–Crippen MR) is 79.1 cm³/mol. The molecule has 2 aliphatic heterocycles. The maximum Gasteiger partial charge on any atom is 0.305 e. The lowest BCUT2D eigenvalue weighted by Gasteiger charge is -2.28. The van der Waals surface area contributed by atoms with Gasteiger partial charge < -0.3 is 15.0 Å². The van der Waals surface area contributed by atoms with Crippen LogP contribution in [0, 0.1) is 0 Å². The summed E-state index contributed by atoms with van der Waals surface area (Å²) in [5.41, 5.74) is 0. The molecule has 2 atom stereocenters. The minimum Gasteiger partial charge on any atom is -0.465 e. The average molecular weight is 290 g/mol. The Kier molecular flexibility index (Phi) is 4.34. The minimum absolute atomic E-state index is 0.142. The highest BCUT2D eigenvalue weighted by atomic mass is 16.5. The Bertz CT molecular complexity index is 508. The van der Waals surface area contributed by atoms with Gasteiger partial charge in [-0.3, -0.25) is 4.79 Å². The molecule has 2 bridgehead atoms. The molecule has 1 unspecified atom stereocenters. The second-order valence-electron chi connectivity index (χ2n) is 5.70. The molecule has 0 spiro atoms. The number of rotatable bonds is 6. The first-order chi connectivity index (χ1) is 10.3. The zero-order valence-electron chi connectivity index (χ0n) is 12.4. The summed E-state index contributed by atoms with van der Waals surface area (Å²) < 4.78 is 5.16. The number of carbonyl (C=O) groups excluding carboxylic acids is 1. The summed E-state index contributed by atoms with van der Waals surface area (Å²) in [7, 11) is 0. The molecule has 0 amide bonds. The van der Waals surface area contributed by atoms with Crippen LogP contribution in [0.5, 0.6) is 0 Å². The number of hydrogen-bond donors (Lipinski definition) is 1. The highest BCUT2D eigenvalue weighted by Crippen LogP contribution is 2.27. The van der Waals surface area contributed by atoms with E-state index < -0.39 is 0 Å². The van der Waals surface area contributed by atoms with E-state index in [9.17, 15) is 4.79 Å². The van der Waals surface area contributed by atoms with E-state index in [0.29, 0.717) is 31.5 Å². The fraction of sp³-hybridized carbons (Fsp3) is 0.667. The van der Waals surface area contributed by atoms with E-state index in [1.807, 2.05) is 13.0 Å². The number of nitrogens with zero attached hydrogens (tertiary/aromatic N) is 3. The molecule has 0 aliphatic carbocycles. The molecule has 2 aliphatic rings. The van der Waals surface area contributed by atoms with E-state index >= 15 is 0 Å². The van der Waals surface area contributed by atoms with Crippen molar-refractivity contribution in [2.24, 2.45) is 0 Å². The van der Waals surface area contributed by atoms with Gasteiger partial charge in [-0.1, -0.05) is 6.92 Å². The van der Waals surface area contributed by atoms with Crippen LogP contribution in [0.2, 0.25) is 0 Å². The van der Waals surface area contributed by atoms with Crippen molar-refractivity contribution in [1.29, 1.82) is 0 Å². The van der Waals surface area contributed by atoms with Crippen molar-refractivity contribution >= 4 is 11.8 Å². The third-order valence-corrected chi connectivity index (χ3v) is 4.08. The van der Waals surface area contributed by atoms with Gasteiger partial charge in [-0.2, -0.15) is 0 Å². The number of hydrogen-bond acceptors (Lipinski definition) is 6. The van der Waals surface area contributed by atoms with E-state index in [4.69, 9.17) is 4.74 Å². The maximum absolute atomic E-state index is 11.3. The van der Waals surface area contributed by atoms with Crippen molar-refractivity contribution in [2.75, 3.05) is 24.6 Å². The lowest BCUT2D eigenvalue weighted by molar-refractivity contribution is -0.143. The van der Waals surface area contributed by atoms with E-state index in [-0.39, 0.29) is 5.97 Å². The summed E-state index contributed by atoms with van der Waals surface area (Å²) in [5.74, 6) is 1.60. The van der Waals surface area contributed by atoms with Gasteiger partial charge in [0.25, 0.3) is 0 Å². The molecule has 1 aromatic rings. The molecule has 114 valence electrons. The fourth-order valence-electron chi connectivity index (χ4n) is 3.04. The van der Waals surface area contributed by atoms with Crippen molar-refractivity contribution in [2.45, 2.75) is 44.7 Å². The van der Waals surface area contributed by atoms with Gasteiger partial charge in [-0.25, -0.2) is 9.97 Å². The summed E-state index contributed by atoms with van der Waals surface area (Å²) in [6.45, 7) is 4.38. The number of esters is 1. The summed E-state index contributed by atoms with van der Waals surface area (Å²) in [5, 5.41) is 3.49. The molecule has 2 saturated heterocycles. The molecule has 6 heteroatoms. The van der Waals surface area contributed by atoms with E-state index in [1.54, 1.807) is 6.20 Å². The zero-order chi connectivity index (χ0) is 14.7. The molecule has 6 nitrogen and oxygen atoms in total. The summed E-state index contributed by atoms with van der Waals surface area (Å²) >= 11 is 0. The number of aromatic nitrogens is 2. The van der Waals surface area contributed by atoms with Crippen LogP contribution in [-0.4, -0.2) is 47.7 Å². The van der Waals surface area contributed by atoms with Crippen LogP contribution in [0.25, 0.3) is 0 Å². The second kappa shape index (κ2) is 6.39. The molecule has 3 rings (SSSR count). The van der Waals surface area contributed by atoms with Crippen LogP contribution in [0.1, 0.15) is 32.0 Å². The normalized spacial score (nSPS) is 23.6. The van der Waals surface area contributed by atoms with Crippen molar-refractivity contribution in [3.8, 4) is 0 Å². The lowest BCUT2D eigenvalue weighted by Crippen LogP contribution is -2.44. The van der Waals surface area contributed by atoms with Crippen molar-refractivity contribution in [3.63, 3.8) is 0 Å². The molecule has 0 aromatic carbocycles. The van der Waals surface area contributed by atoms with Gasteiger partial charge in [-0.15, -0.1) is 0 Å². The summed E-state index contributed by atoms with van der Waals surface area (Å²) in [6, 6.07) is 3.12. The van der Waals surface area contributed by atoms with Gasteiger partial charge in [0.1, 0.15) is 11.6 Å². The first-order valence-electron chi connectivity index (χ1n) is 7.74. The van der Waals surface area contributed by atoms with Gasteiger partial charge in [-0.05, 0) is 18.9 Å². The smallest absolute Gasteiger partial charge is 0.305 e. The topological polar surface area (TPSA) is 67.3 Å². The van der Waals surface area contributed by atoms with Crippen molar-refractivity contribution in [3.05, 3.63) is 18.1 Å². The van der Waals surface area contributed by atoms with Gasteiger partial charge in [0.15, 0.2) is 0 Å². The third kappa shape index (κ3) is 3.32. The van der Waals surface area contributed by atoms with Gasteiger partial charge in [0.05, 0.1) is 6.61 Å². The zero-order valence-corrected chi connectivity index (χ0v) is 12.4. The number of ether oxygens (including phenoxy) is 1. The number of piperazine rings is 1. The van der Waals surface area contributed by atoms with Gasteiger partial charge >= 0.3 is 5.97 Å². The van der Waals surface area contributed by atoms with Crippen LogP contribution in [0.3, 0.4) is 0 Å². The van der Waals surface area contributed by atoms with Gasteiger partial charge in [0.2, 0.25) is 0 Å². The summed E-state index contributed by atoms with van der Waals surface area (Å²) in [6.07, 6.45) is 4.86. The first-order valence-corrected chi connectivity index (χ1v) is 7.74. The standard InChI is InChI=1S/C15H22N4O2/c1-2-3-15(20)21-7-5-13-16-6-4-14(18-13)19-10-11-8-12(19)9-17-11/h4,6,11-12,17H,2-3,5,7-10H2,1H3/t11?,12-/m1/s1. The quantitative estimate of drug-likeness (QED) is 0.786. The highest BCUT2D eigenvalue weighted by molar-refractivity contribution is 5.69. The molecule has 3 heterocycles. The monoisotopic (exact) mass is 290 g/mol. The molecule has 1 aromatic heterocycles. The number of anilines is 1. The Hall–Kier alpha value is -1.69. The molecule has 2 fully saturated rings. The largest absolute Gasteiger partial charge is 0.465 e. The SMILES string of the molecule is CCCC(=O)OCCc1nccc(N2CC3C[C@@H]2CN3)n1. The van der Waals surface area contributed by atoms with Crippen LogP contribution in [-0.2, 0) is 16.0 Å². The predicted octanol–water partition coefficient (Wildman–Crippen LogP) is 0.913. The number of nitrogens with one attached hydrogen (secondary N) is 1. The van der Waals surface area contributed by atoms with Crippen LogP contribution in [0.4, 0.5) is 5.82 Å². The second-order valence-corrected chi connectivity index (χ2v) is 5.70.